The summed E-state index contributed by atoms with van der Waals surface area (Å²) in [7, 11) is 0. The van der Waals surface area contributed by atoms with Crippen molar-refractivity contribution in [2.24, 2.45) is 0 Å². The second-order valence-corrected chi connectivity index (χ2v) is 6.44. The average Bonchev–Trinajstić information content (AvgIpc) is 2.54. The SMILES string of the molecule is CC(C)c1ccc(C=CC(=O)NCc2ccc(Cl)c(Cl)c2)cc1. The summed E-state index contributed by atoms with van der Waals surface area (Å²) < 4.78 is 0. The molecule has 0 aliphatic carbocycles. The summed E-state index contributed by atoms with van der Waals surface area (Å²) in [6, 6.07) is 13.5. The third-order valence-corrected chi connectivity index (χ3v) is 4.22. The van der Waals surface area contributed by atoms with Crippen LogP contribution in [-0.2, 0) is 11.3 Å². The van der Waals surface area contributed by atoms with Crippen molar-refractivity contribution in [2.75, 3.05) is 0 Å². The maximum atomic E-state index is 11.9. The predicted octanol–water partition coefficient (Wildman–Crippen LogP) is 5.45. The first-order valence-corrected chi connectivity index (χ1v) is 8.21. The molecule has 0 saturated carbocycles. The molecule has 120 valence electrons. The molecule has 0 bridgehead atoms. The van der Waals surface area contributed by atoms with Crippen LogP contribution in [0, 0.1) is 0 Å². The number of halogens is 2. The van der Waals surface area contributed by atoms with Crippen molar-refractivity contribution in [3.8, 4) is 0 Å². The molecule has 0 aromatic heterocycles. The Morgan fingerprint density at radius 3 is 2.39 bits per heavy atom. The Labute approximate surface area is 147 Å². The van der Waals surface area contributed by atoms with Gasteiger partial charge in [-0.05, 0) is 40.8 Å². The maximum Gasteiger partial charge on any atom is 0.244 e. The first kappa shape index (κ1) is 17.6. The normalized spacial score (nSPS) is 11.2. The Balaban J connectivity index is 1.89. The van der Waals surface area contributed by atoms with Gasteiger partial charge in [-0.2, -0.15) is 0 Å². The Kier molecular flexibility index (Phi) is 6.26. The molecule has 4 heteroatoms. The summed E-state index contributed by atoms with van der Waals surface area (Å²) in [5.74, 6) is 0.353. The lowest BCUT2D eigenvalue weighted by atomic mass is 10.0. The van der Waals surface area contributed by atoms with Gasteiger partial charge in [0, 0.05) is 12.6 Å². The molecule has 0 radical (unpaired) electrons. The molecule has 0 heterocycles. The molecular weight excluding hydrogens is 329 g/mol. The molecule has 23 heavy (non-hydrogen) atoms. The van der Waals surface area contributed by atoms with E-state index in [2.05, 4.69) is 31.3 Å². The lowest BCUT2D eigenvalue weighted by Crippen LogP contribution is -2.20. The van der Waals surface area contributed by atoms with Crippen molar-refractivity contribution in [2.45, 2.75) is 26.3 Å². The molecule has 0 spiro atoms. The van der Waals surface area contributed by atoms with E-state index in [1.54, 1.807) is 18.2 Å². The molecule has 0 aliphatic rings. The number of nitrogens with one attached hydrogen (secondary N) is 1. The van der Waals surface area contributed by atoms with Gasteiger partial charge in [0.05, 0.1) is 10.0 Å². The zero-order valence-corrected chi connectivity index (χ0v) is 14.7. The molecule has 1 N–H and O–H groups in total. The van der Waals surface area contributed by atoms with Crippen LogP contribution in [0.25, 0.3) is 6.08 Å². The summed E-state index contributed by atoms with van der Waals surface area (Å²) >= 11 is 11.8. The molecule has 0 fully saturated rings. The number of carbonyl (C=O) groups excluding carboxylic acids is 1. The first-order chi connectivity index (χ1) is 11.0. The molecule has 2 aromatic carbocycles. The third-order valence-electron chi connectivity index (χ3n) is 3.48. The number of rotatable bonds is 5. The standard InChI is InChI=1S/C19H19Cl2NO/c1-13(2)16-7-3-14(4-8-16)6-10-19(23)22-12-15-5-9-17(20)18(21)11-15/h3-11,13H,12H2,1-2H3,(H,22,23). The smallest absolute Gasteiger partial charge is 0.244 e. The zero-order valence-electron chi connectivity index (χ0n) is 13.1. The number of benzene rings is 2. The minimum atomic E-state index is -0.149. The van der Waals surface area contributed by atoms with E-state index in [0.29, 0.717) is 22.5 Å². The highest BCUT2D eigenvalue weighted by Gasteiger charge is 2.01. The Bertz CT molecular complexity index is 706. The van der Waals surface area contributed by atoms with Crippen LogP contribution in [0.2, 0.25) is 10.0 Å². The molecule has 0 atom stereocenters. The van der Waals surface area contributed by atoms with Crippen LogP contribution < -0.4 is 5.32 Å². The topological polar surface area (TPSA) is 29.1 Å². The van der Waals surface area contributed by atoms with E-state index in [0.717, 1.165) is 11.1 Å². The fourth-order valence-electron chi connectivity index (χ4n) is 2.06. The molecule has 0 unspecified atom stereocenters. The average molecular weight is 348 g/mol. The Morgan fingerprint density at radius 1 is 1.09 bits per heavy atom. The Hall–Kier alpha value is -1.77. The molecule has 0 saturated heterocycles. The van der Waals surface area contributed by atoms with E-state index in [-0.39, 0.29) is 5.91 Å². The van der Waals surface area contributed by atoms with Gasteiger partial charge in [-0.3, -0.25) is 4.79 Å². The van der Waals surface area contributed by atoms with Crippen molar-refractivity contribution < 1.29 is 4.79 Å². The van der Waals surface area contributed by atoms with Crippen molar-refractivity contribution in [1.82, 2.24) is 5.32 Å². The summed E-state index contributed by atoms with van der Waals surface area (Å²) in [6.07, 6.45) is 3.33. The van der Waals surface area contributed by atoms with E-state index < -0.39 is 0 Å². The highest BCUT2D eigenvalue weighted by Crippen LogP contribution is 2.22. The molecule has 2 rings (SSSR count). The quantitative estimate of drug-likeness (QED) is 0.716. The van der Waals surface area contributed by atoms with Crippen LogP contribution in [0.4, 0.5) is 0 Å². The molecule has 0 aliphatic heterocycles. The number of carbonyl (C=O) groups is 1. The Morgan fingerprint density at radius 2 is 1.78 bits per heavy atom. The summed E-state index contributed by atoms with van der Waals surface area (Å²) in [4.78, 5) is 11.9. The van der Waals surface area contributed by atoms with Gasteiger partial charge < -0.3 is 5.32 Å². The number of hydrogen-bond donors (Lipinski definition) is 1. The lowest BCUT2D eigenvalue weighted by molar-refractivity contribution is -0.116. The van der Waals surface area contributed by atoms with Gasteiger partial charge in [0.2, 0.25) is 5.91 Å². The minimum Gasteiger partial charge on any atom is -0.348 e. The van der Waals surface area contributed by atoms with Crippen molar-refractivity contribution in [3.63, 3.8) is 0 Å². The van der Waals surface area contributed by atoms with Gasteiger partial charge in [-0.15, -0.1) is 0 Å². The van der Waals surface area contributed by atoms with Crippen molar-refractivity contribution in [1.29, 1.82) is 0 Å². The largest absolute Gasteiger partial charge is 0.348 e. The molecule has 2 nitrogen and oxygen atoms in total. The van der Waals surface area contributed by atoms with Crippen LogP contribution in [0.1, 0.15) is 36.5 Å². The molecule has 1 amide bonds. The van der Waals surface area contributed by atoms with E-state index in [1.807, 2.05) is 18.2 Å². The summed E-state index contributed by atoms with van der Waals surface area (Å²) in [5, 5.41) is 3.81. The highest BCUT2D eigenvalue weighted by molar-refractivity contribution is 6.42. The van der Waals surface area contributed by atoms with Crippen LogP contribution in [-0.4, -0.2) is 5.91 Å². The van der Waals surface area contributed by atoms with Crippen LogP contribution in [0.3, 0.4) is 0 Å². The van der Waals surface area contributed by atoms with E-state index in [9.17, 15) is 4.79 Å². The summed E-state index contributed by atoms with van der Waals surface area (Å²) in [6.45, 7) is 4.72. The third kappa shape index (κ3) is 5.42. The fraction of sp³-hybridized carbons (Fsp3) is 0.211. The van der Waals surface area contributed by atoms with Crippen molar-refractivity contribution >= 4 is 35.2 Å². The second-order valence-electron chi connectivity index (χ2n) is 5.62. The van der Waals surface area contributed by atoms with Gasteiger partial charge in [0.15, 0.2) is 0 Å². The number of hydrogen-bond acceptors (Lipinski definition) is 1. The van der Waals surface area contributed by atoms with Crippen molar-refractivity contribution in [3.05, 3.63) is 75.3 Å². The van der Waals surface area contributed by atoms with E-state index in [4.69, 9.17) is 23.2 Å². The van der Waals surface area contributed by atoms with Crippen LogP contribution in [0.15, 0.2) is 48.5 Å². The fourth-order valence-corrected chi connectivity index (χ4v) is 2.38. The van der Waals surface area contributed by atoms with Crippen LogP contribution >= 0.6 is 23.2 Å². The zero-order chi connectivity index (χ0) is 16.8. The lowest BCUT2D eigenvalue weighted by Gasteiger charge is -2.05. The van der Waals surface area contributed by atoms with Gasteiger partial charge in [0.1, 0.15) is 0 Å². The first-order valence-electron chi connectivity index (χ1n) is 7.45. The minimum absolute atomic E-state index is 0.149. The molecule has 2 aromatic rings. The van der Waals surface area contributed by atoms with Gasteiger partial charge in [-0.25, -0.2) is 0 Å². The summed E-state index contributed by atoms with van der Waals surface area (Å²) in [5.41, 5.74) is 3.19. The van der Waals surface area contributed by atoms with Gasteiger partial charge in [-0.1, -0.05) is 67.4 Å². The number of amides is 1. The predicted molar refractivity (Wildman–Crippen MR) is 97.9 cm³/mol. The maximum absolute atomic E-state index is 11.9. The van der Waals surface area contributed by atoms with Gasteiger partial charge in [0.25, 0.3) is 0 Å². The van der Waals surface area contributed by atoms with Gasteiger partial charge >= 0.3 is 0 Å². The highest BCUT2D eigenvalue weighted by atomic mass is 35.5. The van der Waals surface area contributed by atoms with Crippen LogP contribution in [0.5, 0.6) is 0 Å². The van der Waals surface area contributed by atoms with E-state index in [1.165, 1.54) is 11.6 Å². The second kappa shape index (κ2) is 8.19. The monoisotopic (exact) mass is 347 g/mol. The molecular formula is C19H19Cl2NO. The van der Waals surface area contributed by atoms with E-state index >= 15 is 0 Å².